The Labute approximate surface area is 186 Å². The van der Waals surface area contributed by atoms with E-state index in [9.17, 15) is 0 Å². The second kappa shape index (κ2) is 7.09. The lowest BCUT2D eigenvalue weighted by Gasteiger charge is -2.42. The van der Waals surface area contributed by atoms with E-state index >= 15 is 0 Å². The lowest BCUT2D eigenvalue weighted by atomic mass is 10.0. The zero-order chi connectivity index (χ0) is 21.8. The second-order valence-electron chi connectivity index (χ2n) is 8.53. The van der Waals surface area contributed by atoms with Gasteiger partial charge in [0, 0.05) is 40.9 Å². The molecule has 3 aromatic heterocycles. The molecule has 158 valence electrons. The van der Waals surface area contributed by atoms with E-state index in [1.807, 2.05) is 25.3 Å². The molecule has 1 aliphatic heterocycles. The third-order valence-electron chi connectivity index (χ3n) is 6.29. The minimum Gasteiger partial charge on any atom is -0.435 e. The van der Waals surface area contributed by atoms with Gasteiger partial charge in [-0.3, -0.25) is 0 Å². The van der Waals surface area contributed by atoms with Crippen LogP contribution in [0.15, 0.2) is 77.3 Å². The summed E-state index contributed by atoms with van der Waals surface area (Å²) in [5.41, 5.74) is 7.00. The number of hydrogen-bond donors (Lipinski definition) is 0. The highest BCUT2D eigenvalue weighted by Gasteiger charge is 2.33. The third kappa shape index (κ3) is 2.78. The van der Waals surface area contributed by atoms with Crippen LogP contribution >= 0.6 is 0 Å². The summed E-state index contributed by atoms with van der Waals surface area (Å²) in [6, 6.07) is 23.4. The van der Waals surface area contributed by atoms with Crippen LogP contribution in [0.25, 0.3) is 22.1 Å². The molecule has 0 spiro atoms. The zero-order valence-corrected chi connectivity index (χ0v) is 18.4. The summed E-state index contributed by atoms with van der Waals surface area (Å²) < 4.78 is 6.37. The Bertz CT molecular complexity index is 1460. The van der Waals surface area contributed by atoms with Gasteiger partial charge in [0.1, 0.15) is 0 Å². The molecule has 0 radical (unpaired) electrons. The van der Waals surface area contributed by atoms with Gasteiger partial charge < -0.3 is 14.2 Å². The Kier molecular flexibility index (Phi) is 4.18. The number of para-hydroxylation sites is 1. The van der Waals surface area contributed by atoms with Gasteiger partial charge in [-0.05, 0) is 62.7 Å². The van der Waals surface area contributed by atoms with Crippen molar-refractivity contribution in [1.82, 2.24) is 9.97 Å². The molecule has 5 aromatic rings. The van der Waals surface area contributed by atoms with E-state index < -0.39 is 0 Å². The zero-order valence-electron chi connectivity index (χ0n) is 18.4. The molecule has 5 heteroatoms. The second-order valence-corrected chi connectivity index (χ2v) is 8.53. The fraction of sp³-hybridized carbons (Fsp3) is 0.185. The molecule has 0 saturated carbocycles. The van der Waals surface area contributed by atoms with Gasteiger partial charge in [-0.25, -0.2) is 9.97 Å². The summed E-state index contributed by atoms with van der Waals surface area (Å²) in [5, 5.41) is 2.13. The summed E-state index contributed by atoms with van der Waals surface area (Å²) in [6.07, 6.45) is 1.87. The van der Waals surface area contributed by atoms with Crippen molar-refractivity contribution in [2.45, 2.75) is 26.8 Å². The molecule has 0 saturated heterocycles. The maximum Gasteiger partial charge on any atom is 0.227 e. The molecule has 0 fully saturated rings. The first-order valence-electron chi connectivity index (χ1n) is 11.0. The topological polar surface area (TPSA) is 45.4 Å². The molecule has 0 bridgehead atoms. The van der Waals surface area contributed by atoms with Crippen molar-refractivity contribution in [3.05, 3.63) is 84.2 Å². The Balaban J connectivity index is 1.58. The molecule has 4 heterocycles. The minimum absolute atomic E-state index is 0.244. The van der Waals surface area contributed by atoms with Crippen molar-refractivity contribution in [1.29, 1.82) is 0 Å². The van der Waals surface area contributed by atoms with Gasteiger partial charge in [0.05, 0.1) is 11.4 Å². The van der Waals surface area contributed by atoms with E-state index in [1.54, 1.807) is 0 Å². The highest BCUT2D eigenvalue weighted by molar-refractivity contribution is 6.09. The highest BCUT2D eigenvalue weighted by Crippen LogP contribution is 2.46. The molecule has 1 aliphatic rings. The van der Waals surface area contributed by atoms with Crippen LogP contribution in [0.1, 0.15) is 18.2 Å². The summed E-state index contributed by atoms with van der Waals surface area (Å²) in [4.78, 5) is 14.1. The predicted molar refractivity (Wildman–Crippen MR) is 130 cm³/mol. The molecule has 0 aliphatic carbocycles. The van der Waals surface area contributed by atoms with Crippen LogP contribution in [0.5, 0.6) is 0 Å². The van der Waals surface area contributed by atoms with Crippen LogP contribution < -0.4 is 9.80 Å². The van der Waals surface area contributed by atoms with E-state index in [1.165, 1.54) is 5.69 Å². The number of aromatic nitrogens is 2. The van der Waals surface area contributed by atoms with Crippen molar-refractivity contribution < 1.29 is 4.42 Å². The van der Waals surface area contributed by atoms with Crippen molar-refractivity contribution >= 4 is 44.9 Å². The predicted octanol–water partition coefficient (Wildman–Crippen LogP) is 6.67. The van der Waals surface area contributed by atoms with Crippen LogP contribution in [0.2, 0.25) is 0 Å². The first-order valence-corrected chi connectivity index (χ1v) is 11.0. The Hall–Kier alpha value is -3.86. The van der Waals surface area contributed by atoms with Crippen LogP contribution in [-0.4, -0.2) is 22.6 Å². The van der Waals surface area contributed by atoms with Crippen LogP contribution in [-0.2, 0) is 0 Å². The average molecular weight is 421 g/mol. The fourth-order valence-corrected chi connectivity index (χ4v) is 4.87. The lowest BCUT2D eigenvalue weighted by molar-refractivity contribution is 0.642. The largest absolute Gasteiger partial charge is 0.435 e. The van der Waals surface area contributed by atoms with Gasteiger partial charge in [0.15, 0.2) is 11.4 Å². The van der Waals surface area contributed by atoms with Crippen molar-refractivity contribution in [3.8, 4) is 0 Å². The lowest BCUT2D eigenvalue weighted by Crippen LogP contribution is -2.44. The number of furan rings is 1. The number of benzene rings is 2. The van der Waals surface area contributed by atoms with E-state index in [0.717, 1.165) is 51.4 Å². The van der Waals surface area contributed by atoms with E-state index in [4.69, 9.17) is 9.40 Å². The van der Waals surface area contributed by atoms with Crippen LogP contribution in [0, 0.1) is 13.8 Å². The number of pyridine rings is 2. The number of hydrogen-bond acceptors (Lipinski definition) is 5. The summed E-state index contributed by atoms with van der Waals surface area (Å²) in [5.74, 6) is 0.939. The maximum absolute atomic E-state index is 6.37. The number of anilines is 4. The SMILES string of the molecule is Cc1ccc2c(n1)oc1c(N3C[C@@H](C)N(c4ccccc4)c4cccnc43)c(C)ccc12. The summed E-state index contributed by atoms with van der Waals surface area (Å²) >= 11 is 0. The highest BCUT2D eigenvalue weighted by atomic mass is 16.3. The minimum atomic E-state index is 0.244. The number of aryl methyl sites for hydroxylation is 2. The van der Waals surface area contributed by atoms with E-state index in [-0.39, 0.29) is 6.04 Å². The first-order chi connectivity index (χ1) is 15.6. The normalized spacial score (nSPS) is 16.0. The third-order valence-corrected chi connectivity index (χ3v) is 6.29. The molecule has 2 aromatic carbocycles. The first kappa shape index (κ1) is 18.9. The average Bonchev–Trinajstić information content (AvgIpc) is 3.16. The summed E-state index contributed by atoms with van der Waals surface area (Å²) in [6.45, 7) is 7.18. The molecule has 5 nitrogen and oxygen atoms in total. The van der Waals surface area contributed by atoms with Gasteiger partial charge in [-0.1, -0.05) is 30.3 Å². The van der Waals surface area contributed by atoms with Crippen LogP contribution in [0.4, 0.5) is 22.9 Å². The maximum atomic E-state index is 6.37. The summed E-state index contributed by atoms with van der Waals surface area (Å²) in [7, 11) is 0. The molecular weight excluding hydrogens is 396 g/mol. The fourth-order valence-electron chi connectivity index (χ4n) is 4.87. The van der Waals surface area contributed by atoms with Gasteiger partial charge >= 0.3 is 0 Å². The molecule has 1 atom stereocenters. The standard InChI is InChI=1S/C27H24N4O/c1-17-11-13-21-22-14-12-18(2)29-27(22)32-25(21)24(17)30-16-19(3)31(20-8-5-4-6-9-20)23-10-7-15-28-26(23)30/h4-15,19H,16H2,1-3H3/t19-/m1/s1. The Morgan fingerprint density at radius 1 is 0.906 bits per heavy atom. The van der Waals surface area contributed by atoms with E-state index in [0.29, 0.717) is 5.71 Å². The van der Waals surface area contributed by atoms with Gasteiger partial charge in [0.2, 0.25) is 5.71 Å². The number of nitrogens with zero attached hydrogens (tertiary/aromatic N) is 4. The van der Waals surface area contributed by atoms with Crippen LogP contribution in [0.3, 0.4) is 0 Å². The smallest absolute Gasteiger partial charge is 0.227 e. The van der Waals surface area contributed by atoms with Gasteiger partial charge in [-0.2, -0.15) is 0 Å². The number of fused-ring (bicyclic) bond motifs is 4. The quantitative estimate of drug-likeness (QED) is 0.319. The van der Waals surface area contributed by atoms with Crippen molar-refractivity contribution in [2.75, 3.05) is 16.3 Å². The van der Waals surface area contributed by atoms with Crippen molar-refractivity contribution in [3.63, 3.8) is 0 Å². The van der Waals surface area contributed by atoms with Crippen molar-refractivity contribution in [2.24, 2.45) is 0 Å². The molecule has 0 amide bonds. The molecule has 32 heavy (non-hydrogen) atoms. The Morgan fingerprint density at radius 3 is 2.56 bits per heavy atom. The molecule has 6 rings (SSSR count). The van der Waals surface area contributed by atoms with E-state index in [2.05, 4.69) is 83.2 Å². The molecular formula is C27H24N4O. The Morgan fingerprint density at radius 2 is 1.72 bits per heavy atom. The number of rotatable bonds is 2. The van der Waals surface area contributed by atoms with Gasteiger partial charge in [-0.15, -0.1) is 0 Å². The van der Waals surface area contributed by atoms with Gasteiger partial charge in [0.25, 0.3) is 0 Å². The molecule has 0 N–H and O–H groups in total. The monoisotopic (exact) mass is 420 g/mol. The molecule has 0 unspecified atom stereocenters.